The molecule has 29 heavy (non-hydrogen) atoms. The number of hydrogen-bond donors (Lipinski definition) is 1. The molecule has 148 valence electrons. The summed E-state index contributed by atoms with van der Waals surface area (Å²) in [5, 5.41) is 0. The normalized spacial score (nSPS) is 14.8. The largest absolute Gasteiger partial charge is 0.616 e. The quantitative estimate of drug-likeness (QED) is 0.670. The highest BCUT2D eigenvalue weighted by molar-refractivity contribution is 7.91. The average molecular weight is 410 g/mol. The molecule has 8 heteroatoms. The van der Waals surface area contributed by atoms with E-state index in [-0.39, 0.29) is 11.9 Å². The van der Waals surface area contributed by atoms with Crippen LogP contribution >= 0.6 is 0 Å². The van der Waals surface area contributed by atoms with Gasteiger partial charge in [-0.25, -0.2) is 14.4 Å². The number of rotatable bonds is 3. The molecule has 3 aromatic rings. The molecule has 6 nitrogen and oxygen atoms in total. The van der Waals surface area contributed by atoms with E-state index < -0.39 is 17.0 Å². The Balaban J connectivity index is 1.66. The van der Waals surface area contributed by atoms with Crippen LogP contribution in [0.25, 0.3) is 22.3 Å². The van der Waals surface area contributed by atoms with Crippen molar-refractivity contribution in [3.63, 3.8) is 0 Å². The molecule has 2 aromatic carbocycles. The SMILES string of the molecule is Nc1ncc(-c2ccc(-c3ccccc3C(=O)N3CC[S+]([O-])CC3)cc2F)cn1. The van der Waals surface area contributed by atoms with E-state index in [0.717, 1.165) is 0 Å². The number of nitrogens with zero attached hydrogens (tertiary/aromatic N) is 3. The van der Waals surface area contributed by atoms with E-state index in [1.54, 1.807) is 35.2 Å². The van der Waals surface area contributed by atoms with Gasteiger partial charge in [-0.3, -0.25) is 4.79 Å². The zero-order chi connectivity index (χ0) is 20.4. The molecule has 4 rings (SSSR count). The Morgan fingerprint density at radius 3 is 2.41 bits per heavy atom. The van der Waals surface area contributed by atoms with Crippen LogP contribution in [0.1, 0.15) is 10.4 Å². The van der Waals surface area contributed by atoms with Crippen LogP contribution in [0.15, 0.2) is 54.9 Å². The first kappa shape index (κ1) is 19.4. The Bertz CT molecular complexity index is 1040. The van der Waals surface area contributed by atoms with Crippen molar-refractivity contribution in [2.75, 3.05) is 30.3 Å². The van der Waals surface area contributed by atoms with Crippen LogP contribution in [-0.2, 0) is 11.2 Å². The van der Waals surface area contributed by atoms with Crippen molar-refractivity contribution < 1.29 is 13.7 Å². The third-order valence-corrected chi connectivity index (χ3v) is 6.16. The van der Waals surface area contributed by atoms with Gasteiger partial charge in [0.05, 0.1) is 13.1 Å². The fourth-order valence-electron chi connectivity index (χ4n) is 3.33. The zero-order valence-corrected chi connectivity index (χ0v) is 16.4. The predicted octanol–water partition coefficient (Wildman–Crippen LogP) is 2.74. The summed E-state index contributed by atoms with van der Waals surface area (Å²) in [6.45, 7) is 0.925. The van der Waals surface area contributed by atoms with E-state index in [0.29, 0.717) is 52.4 Å². The van der Waals surface area contributed by atoms with Gasteiger partial charge in [-0.2, -0.15) is 0 Å². The molecular weight excluding hydrogens is 391 g/mol. The first-order valence-corrected chi connectivity index (χ1v) is 10.6. The third-order valence-electron chi connectivity index (χ3n) is 4.89. The lowest BCUT2D eigenvalue weighted by Crippen LogP contribution is -2.43. The minimum absolute atomic E-state index is 0.125. The lowest BCUT2D eigenvalue weighted by molar-refractivity contribution is 0.0771. The molecule has 0 atom stereocenters. The molecule has 0 spiro atoms. The third kappa shape index (κ3) is 4.08. The van der Waals surface area contributed by atoms with Crippen LogP contribution in [0.3, 0.4) is 0 Å². The Morgan fingerprint density at radius 1 is 1.03 bits per heavy atom. The molecule has 2 heterocycles. The first-order valence-electron chi connectivity index (χ1n) is 9.14. The number of nitrogens with two attached hydrogens (primary N) is 1. The molecule has 0 aliphatic carbocycles. The van der Waals surface area contributed by atoms with E-state index in [9.17, 15) is 13.7 Å². The molecule has 1 saturated heterocycles. The average Bonchev–Trinajstić information content (AvgIpc) is 2.74. The van der Waals surface area contributed by atoms with Crippen molar-refractivity contribution in [3.05, 3.63) is 66.2 Å². The lowest BCUT2D eigenvalue weighted by Gasteiger charge is -2.28. The second-order valence-electron chi connectivity index (χ2n) is 6.71. The first-order chi connectivity index (χ1) is 14.0. The van der Waals surface area contributed by atoms with Gasteiger partial charge in [-0.1, -0.05) is 41.5 Å². The smallest absolute Gasteiger partial charge is 0.254 e. The Labute approximate surface area is 170 Å². The van der Waals surface area contributed by atoms with Crippen LogP contribution in [0, 0.1) is 5.82 Å². The fourth-order valence-corrected chi connectivity index (χ4v) is 4.38. The summed E-state index contributed by atoms with van der Waals surface area (Å²) in [4.78, 5) is 22.5. The van der Waals surface area contributed by atoms with Gasteiger partial charge in [0.25, 0.3) is 5.91 Å². The summed E-state index contributed by atoms with van der Waals surface area (Å²) in [7, 11) is 0. The van der Waals surface area contributed by atoms with Gasteiger partial charge < -0.3 is 15.2 Å². The highest BCUT2D eigenvalue weighted by atomic mass is 32.2. The summed E-state index contributed by atoms with van der Waals surface area (Å²) >= 11 is -0.862. The number of halogens is 1. The van der Waals surface area contributed by atoms with Crippen molar-refractivity contribution in [3.8, 4) is 22.3 Å². The Hall–Kier alpha value is -2.97. The van der Waals surface area contributed by atoms with E-state index in [4.69, 9.17) is 5.73 Å². The number of carbonyl (C=O) groups excluding carboxylic acids is 1. The molecule has 2 N–H and O–H groups in total. The molecule has 1 amide bonds. The number of nitrogen functional groups attached to an aromatic ring is 1. The number of aromatic nitrogens is 2. The van der Waals surface area contributed by atoms with Crippen molar-refractivity contribution in [1.82, 2.24) is 14.9 Å². The monoisotopic (exact) mass is 410 g/mol. The van der Waals surface area contributed by atoms with Gasteiger partial charge >= 0.3 is 0 Å². The number of anilines is 1. The molecule has 0 unspecified atom stereocenters. The van der Waals surface area contributed by atoms with Crippen molar-refractivity contribution in [1.29, 1.82) is 0 Å². The molecule has 0 radical (unpaired) electrons. The van der Waals surface area contributed by atoms with Crippen LogP contribution in [-0.4, -0.2) is 49.9 Å². The van der Waals surface area contributed by atoms with E-state index in [1.807, 2.05) is 6.07 Å². The minimum Gasteiger partial charge on any atom is -0.616 e. The highest BCUT2D eigenvalue weighted by Gasteiger charge is 2.26. The molecular formula is C21H19FN4O2S. The van der Waals surface area contributed by atoms with Crippen molar-refractivity contribution in [2.45, 2.75) is 0 Å². The summed E-state index contributed by atoms with van der Waals surface area (Å²) in [5.41, 5.74) is 8.13. The fraction of sp³-hybridized carbons (Fsp3) is 0.190. The van der Waals surface area contributed by atoms with Crippen LogP contribution in [0.5, 0.6) is 0 Å². The number of amides is 1. The maximum absolute atomic E-state index is 14.8. The Morgan fingerprint density at radius 2 is 1.72 bits per heavy atom. The van der Waals surface area contributed by atoms with E-state index in [2.05, 4.69) is 9.97 Å². The molecule has 0 saturated carbocycles. The van der Waals surface area contributed by atoms with Gasteiger partial charge in [0.15, 0.2) is 0 Å². The summed E-state index contributed by atoms with van der Waals surface area (Å²) in [6.07, 6.45) is 2.94. The topological polar surface area (TPSA) is 95.2 Å². The zero-order valence-electron chi connectivity index (χ0n) is 15.5. The predicted molar refractivity (Wildman–Crippen MR) is 111 cm³/mol. The van der Waals surface area contributed by atoms with Gasteiger partial charge in [-0.05, 0) is 23.3 Å². The summed E-state index contributed by atoms with van der Waals surface area (Å²) in [5.74, 6) is 0.530. The van der Waals surface area contributed by atoms with Crippen LogP contribution < -0.4 is 5.73 Å². The van der Waals surface area contributed by atoms with Crippen LogP contribution in [0.4, 0.5) is 10.3 Å². The summed E-state index contributed by atoms with van der Waals surface area (Å²) in [6, 6.07) is 12.0. The van der Waals surface area contributed by atoms with E-state index in [1.165, 1.54) is 18.5 Å². The van der Waals surface area contributed by atoms with E-state index >= 15 is 0 Å². The number of hydrogen-bond acceptors (Lipinski definition) is 5. The van der Waals surface area contributed by atoms with Crippen molar-refractivity contribution in [2.24, 2.45) is 0 Å². The maximum atomic E-state index is 14.8. The van der Waals surface area contributed by atoms with Gasteiger partial charge in [0, 0.05) is 29.1 Å². The molecule has 1 fully saturated rings. The highest BCUT2D eigenvalue weighted by Crippen LogP contribution is 2.30. The second-order valence-corrected chi connectivity index (χ2v) is 8.41. The summed E-state index contributed by atoms with van der Waals surface area (Å²) < 4.78 is 26.4. The standard InChI is InChI=1S/C21H19FN4O2S/c22-19-11-14(5-6-17(19)15-12-24-21(23)25-13-15)16-3-1-2-4-18(16)20(27)26-7-9-29(28)10-8-26/h1-6,11-13H,7-10H2,(H2,23,24,25). The molecule has 0 bridgehead atoms. The van der Waals surface area contributed by atoms with Gasteiger partial charge in [-0.15, -0.1) is 0 Å². The van der Waals surface area contributed by atoms with Gasteiger partial charge in [0.1, 0.15) is 17.3 Å². The molecule has 1 aliphatic heterocycles. The maximum Gasteiger partial charge on any atom is 0.254 e. The van der Waals surface area contributed by atoms with Gasteiger partial charge in [0.2, 0.25) is 5.95 Å². The van der Waals surface area contributed by atoms with Crippen LogP contribution in [0.2, 0.25) is 0 Å². The lowest BCUT2D eigenvalue weighted by atomic mass is 9.96. The van der Waals surface area contributed by atoms with Crippen molar-refractivity contribution >= 4 is 23.0 Å². The molecule has 1 aromatic heterocycles. The minimum atomic E-state index is -0.862. The molecule has 1 aliphatic rings. The number of benzene rings is 2. The number of carbonyl (C=O) groups is 1. The Kier molecular flexibility index (Phi) is 5.46. The second kappa shape index (κ2) is 8.18.